The Morgan fingerprint density at radius 2 is 2.00 bits per heavy atom. The van der Waals surface area contributed by atoms with Crippen molar-refractivity contribution in [3.8, 4) is 11.4 Å². The molecular formula is C20H28N4OS. The highest BCUT2D eigenvalue weighted by Crippen LogP contribution is 2.30. The Labute approximate surface area is 160 Å². The van der Waals surface area contributed by atoms with Crippen LogP contribution in [-0.4, -0.2) is 32.5 Å². The van der Waals surface area contributed by atoms with E-state index in [0.29, 0.717) is 23.6 Å². The predicted octanol–water partition coefficient (Wildman–Crippen LogP) is 4.00. The summed E-state index contributed by atoms with van der Waals surface area (Å²) in [5.74, 6) is 2.54. The number of thioether (sulfide) groups is 1. The zero-order valence-corrected chi connectivity index (χ0v) is 16.6. The summed E-state index contributed by atoms with van der Waals surface area (Å²) in [5.41, 5.74) is 1.04. The first-order chi connectivity index (χ1) is 12.6. The monoisotopic (exact) mass is 372 g/mol. The molecule has 1 aliphatic rings. The molecule has 26 heavy (non-hydrogen) atoms. The lowest BCUT2D eigenvalue weighted by Gasteiger charge is -2.34. The van der Waals surface area contributed by atoms with Gasteiger partial charge in [-0.3, -0.25) is 4.79 Å². The summed E-state index contributed by atoms with van der Waals surface area (Å²) in [4.78, 5) is 12.4. The van der Waals surface area contributed by atoms with Gasteiger partial charge >= 0.3 is 0 Å². The Hall–Kier alpha value is -1.82. The Kier molecular flexibility index (Phi) is 6.35. The van der Waals surface area contributed by atoms with Crippen LogP contribution in [0.5, 0.6) is 0 Å². The van der Waals surface area contributed by atoms with Gasteiger partial charge in [0.1, 0.15) is 0 Å². The summed E-state index contributed by atoms with van der Waals surface area (Å²) in [7, 11) is 0. The number of carbonyl (C=O) groups is 1. The van der Waals surface area contributed by atoms with Crippen LogP contribution < -0.4 is 5.32 Å². The van der Waals surface area contributed by atoms with Crippen molar-refractivity contribution in [2.75, 3.05) is 5.75 Å². The van der Waals surface area contributed by atoms with Crippen molar-refractivity contribution in [3.63, 3.8) is 0 Å². The molecule has 5 nitrogen and oxygen atoms in total. The lowest BCUT2D eigenvalue weighted by Crippen LogP contribution is -2.44. The van der Waals surface area contributed by atoms with Crippen molar-refractivity contribution in [1.29, 1.82) is 0 Å². The van der Waals surface area contributed by atoms with Crippen molar-refractivity contribution in [3.05, 3.63) is 30.3 Å². The molecule has 0 bridgehead atoms. The van der Waals surface area contributed by atoms with E-state index in [1.807, 2.05) is 30.3 Å². The van der Waals surface area contributed by atoms with Gasteiger partial charge in [-0.1, -0.05) is 68.8 Å². The zero-order valence-electron chi connectivity index (χ0n) is 15.8. The lowest BCUT2D eigenvalue weighted by molar-refractivity contribution is -0.120. The van der Waals surface area contributed by atoms with Crippen LogP contribution in [0.2, 0.25) is 0 Å². The molecule has 1 aliphatic carbocycles. The molecule has 3 atom stereocenters. The smallest absolute Gasteiger partial charge is 0.230 e. The first-order valence-corrected chi connectivity index (χ1v) is 10.5. The molecule has 6 heteroatoms. The quantitative estimate of drug-likeness (QED) is 0.779. The minimum Gasteiger partial charge on any atom is -0.352 e. The molecule has 1 N–H and O–H groups in total. The number of hydrogen-bond donors (Lipinski definition) is 1. The molecule has 1 amide bonds. The van der Waals surface area contributed by atoms with Crippen LogP contribution in [0.25, 0.3) is 11.4 Å². The van der Waals surface area contributed by atoms with Crippen LogP contribution in [-0.2, 0) is 11.3 Å². The number of amides is 1. The Balaban J connectivity index is 1.61. The van der Waals surface area contributed by atoms with Gasteiger partial charge in [0.2, 0.25) is 5.91 Å². The molecular weight excluding hydrogens is 344 g/mol. The van der Waals surface area contributed by atoms with Gasteiger partial charge < -0.3 is 9.88 Å². The summed E-state index contributed by atoms with van der Waals surface area (Å²) in [6, 6.07) is 10.3. The molecule has 0 unspecified atom stereocenters. The highest BCUT2D eigenvalue weighted by Gasteiger charge is 2.28. The number of nitrogens with zero attached hydrogens (tertiary/aromatic N) is 3. The fraction of sp³-hybridized carbons (Fsp3) is 0.550. The minimum atomic E-state index is 0.0906. The summed E-state index contributed by atoms with van der Waals surface area (Å²) in [6.07, 6.45) is 3.56. The summed E-state index contributed by atoms with van der Waals surface area (Å²) in [6.45, 7) is 7.39. The topological polar surface area (TPSA) is 59.8 Å². The number of benzene rings is 1. The molecule has 0 saturated heterocycles. The highest BCUT2D eigenvalue weighted by molar-refractivity contribution is 7.99. The van der Waals surface area contributed by atoms with E-state index < -0.39 is 0 Å². The van der Waals surface area contributed by atoms with E-state index in [1.54, 1.807) is 0 Å². The average molecular weight is 373 g/mol. The minimum absolute atomic E-state index is 0.0906. The van der Waals surface area contributed by atoms with Crippen LogP contribution in [0.3, 0.4) is 0 Å². The van der Waals surface area contributed by atoms with Gasteiger partial charge in [0.25, 0.3) is 0 Å². The van der Waals surface area contributed by atoms with Crippen molar-refractivity contribution >= 4 is 17.7 Å². The molecule has 0 spiro atoms. The van der Waals surface area contributed by atoms with Crippen molar-refractivity contribution in [2.24, 2.45) is 11.8 Å². The van der Waals surface area contributed by atoms with E-state index in [-0.39, 0.29) is 5.91 Å². The van der Waals surface area contributed by atoms with Gasteiger partial charge in [0.15, 0.2) is 11.0 Å². The normalized spacial score (nSPS) is 23.0. The van der Waals surface area contributed by atoms with Crippen molar-refractivity contribution in [1.82, 2.24) is 20.1 Å². The standard InChI is InChI=1S/C20H28N4OS/c1-4-24-19(16-10-6-5-7-11-16)22-23-20(24)26-13-18(25)21-17-12-8-9-14(2)15(17)3/h5-7,10-11,14-15,17H,4,8-9,12-13H2,1-3H3,(H,21,25)/t14-,15+,17-/m1/s1. The van der Waals surface area contributed by atoms with Crippen molar-refractivity contribution in [2.45, 2.75) is 57.8 Å². The number of rotatable bonds is 6. The van der Waals surface area contributed by atoms with Crippen LogP contribution in [0.1, 0.15) is 40.0 Å². The maximum atomic E-state index is 12.4. The molecule has 1 aromatic heterocycles. The fourth-order valence-corrected chi connectivity index (χ4v) is 4.46. The van der Waals surface area contributed by atoms with Gasteiger partial charge in [-0.2, -0.15) is 0 Å². The van der Waals surface area contributed by atoms with Crippen LogP contribution in [0, 0.1) is 11.8 Å². The number of nitrogens with one attached hydrogen (secondary N) is 1. The third kappa shape index (κ3) is 4.29. The average Bonchev–Trinajstić information content (AvgIpc) is 3.07. The molecule has 1 heterocycles. The number of aromatic nitrogens is 3. The third-order valence-corrected chi connectivity index (χ3v) is 6.42. The Morgan fingerprint density at radius 1 is 1.23 bits per heavy atom. The summed E-state index contributed by atoms with van der Waals surface area (Å²) < 4.78 is 2.07. The summed E-state index contributed by atoms with van der Waals surface area (Å²) in [5, 5.41) is 12.7. The lowest BCUT2D eigenvalue weighted by atomic mass is 9.78. The highest BCUT2D eigenvalue weighted by atomic mass is 32.2. The van der Waals surface area contributed by atoms with Gasteiger partial charge in [-0.05, 0) is 25.2 Å². The van der Waals surface area contributed by atoms with Gasteiger partial charge in [-0.25, -0.2) is 0 Å². The molecule has 1 saturated carbocycles. The van der Waals surface area contributed by atoms with E-state index in [2.05, 4.69) is 40.9 Å². The van der Waals surface area contributed by atoms with E-state index in [0.717, 1.165) is 29.5 Å². The molecule has 0 radical (unpaired) electrons. The second-order valence-electron chi connectivity index (χ2n) is 7.15. The first-order valence-electron chi connectivity index (χ1n) is 9.51. The molecule has 1 fully saturated rings. The second kappa shape index (κ2) is 8.71. The second-order valence-corrected chi connectivity index (χ2v) is 8.09. The van der Waals surface area contributed by atoms with Crippen LogP contribution >= 0.6 is 11.8 Å². The maximum Gasteiger partial charge on any atom is 0.230 e. The molecule has 1 aromatic carbocycles. The third-order valence-electron chi connectivity index (χ3n) is 5.45. The zero-order chi connectivity index (χ0) is 18.5. The van der Waals surface area contributed by atoms with Gasteiger partial charge in [0, 0.05) is 18.2 Å². The van der Waals surface area contributed by atoms with Gasteiger partial charge in [0.05, 0.1) is 5.75 Å². The predicted molar refractivity (Wildman–Crippen MR) is 106 cm³/mol. The first kappa shape index (κ1) is 19.0. The Bertz CT molecular complexity index is 731. The summed E-state index contributed by atoms with van der Waals surface area (Å²) >= 11 is 1.46. The number of hydrogen-bond acceptors (Lipinski definition) is 4. The van der Waals surface area contributed by atoms with Gasteiger partial charge in [-0.15, -0.1) is 10.2 Å². The van der Waals surface area contributed by atoms with E-state index in [9.17, 15) is 4.79 Å². The Morgan fingerprint density at radius 3 is 2.73 bits per heavy atom. The van der Waals surface area contributed by atoms with E-state index in [4.69, 9.17) is 0 Å². The molecule has 0 aliphatic heterocycles. The molecule has 2 aromatic rings. The molecule has 140 valence electrons. The van der Waals surface area contributed by atoms with E-state index in [1.165, 1.54) is 24.6 Å². The SMILES string of the molecule is CCn1c(SCC(=O)N[C@@H]2CCC[C@@H](C)[C@@H]2C)nnc1-c1ccccc1. The number of carbonyl (C=O) groups excluding carboxylic acids is 1. The molecule has 3 rings (SSSR count). The fourth-order valence-electron chi connectivity index (χ4n) is 3.65. The van der Waals surface area contributed by atoms with E-state index >= 15 is 0 Å². The van der Waals surface area contributed by atoms with Crippen molar-refractivity contribution < 1.29 is 4.79 Å². The maximum absolute atomic E-state index is 12.4. The largest absolute Gasteiger partial charge is 0.352 e. The van der Waals surface area contributed by atoms with Crippen LogP contribution in [0.4, 0.5) is 0 Å². The van der Waals surface area contributed by atoms with Crippen LogP contribution in [0.15, 0.2) is 35.5 Å².